The van der Waals surface area contributed by atoms with Crippen LogP contribution in [-0.2, 0) is 9.59 Å². The van der Waals surface area contributed by atoms with Crippen molar-refractivity contribution in [1.29, 1.82) is 0 Å². The Labute approximate surface area is 153 Å². The van der Waals surface area contributed by atoms with E-state index in [1.165, 1.54) is 18.7 Å². The zero-order valence-electron chi connectivity index (χ0n) is 14.7. The smallest absolute Gasteiger partial charge is 0.232 e. The number of carbonyl (C=O) groups excluding carboxylic acids is 2. The van der Waals surface area contributed by atoms with Gasteiger partial charge in [0.2, 0.25) is 11.8 Å². The van der Waals surface area contributed by atoms with Gasteiger partial charge in [-0.25, -0.2) is 0 Å². The minimum atomic E-state index is -0.267. The second-order valence-corrected chi connectivity index (χ2v) is 8.17. The molecule has 2 N–H and O–H groups in total. The van der Waals surface area contributed by atoms with E-state index in [9.17, 15) is 14.7 Å². The topological polar surface area (TPSA) is 69.6 Å². The summed E-state index contributed by atoms with van der Waals surface area (Å²) >= 11 is 1.45. The molecule has 1 aliphatic carbocycles. The third kappa shape index (κ3) is 4.18. The van der Waals surface area contributed by atoms with Gasteiger partial charge in [0.15, 0.2) is 0 Å². The van der Waals surface area contributed by atoms with Gasteiger partial charge in [0.05, 0.1) is 17.5 Å². The zero-order valence-corrected chi connectivity index (χ0v) is 15.5. The van der Waals surface area contributed by atoms with Crippen molar-refractivity contribution in [2.75, 3.05) is 24.2 Å². The molecular weight excluding hydrogens is 336 g/mol. The van der Waals surface area contributed by atoms with Crippen LogP contribution in [0.2, 0.25) is 0 Å². The number of para-hydroxylation sites is 1. The fraction of sp³-hybridized carbons (Fsp3) is 0.579. The first kappa shape index (κ1) is 18.3. The summed E-state index contributed by atoms with van der Waals surface area (Å²) in [5.41, 5.74) is 0.668. The Morgan fingerprint density at radius 2 is 2.08 bits per heavy atom. The van der Waals surface area contributed by atoms with Gasteiger partial charge in [-0.05, 0) is 37.8 Å². The third-order valence-corrected chi connectivity index (χ3v) is 6.43. The molecule has 5 nitrogen and oxygen atoms in total. The van der Waals surface area contributed by atoms with Gasteiger partial charge in [-0.1, -0.05) is 18.6 Å². The van der Waals surface area contributed by atoms with E-state index in [0.717, 1.165) is 49.2 Å². The van der Waals surface area contributed by atoms with Crippen LogP contribution >= 0.6 is 11.8 Å². The fourth-order valence-electron chi connectivity index (χ4n) is 4.09. The molecule has 1 aliphatic heterocycles. The predicted octanol–water partition coefficient (Wildman–Crippen LogP) is 2.89. The molecule has 1 heterocycles. The number of piperidine rings is 1. The standard InChI is InChI=1S/C19H26N2O3S/c1-14(22)20-15-6-2-3-7-16(15)25-12-18(24)21-11-5-10-19(13-21)9-4-8-17(19)23/h2-3,6-7,17,23H,4-5,8-13H2,1H3,(H,20,22)/t17-,19-/m1/s1. The van der Waals surface area contributed by atoms with Crippen LogP contribution in [0.25, 0.3) is 0 Å². The lowest BCUT2D eigenvalue weighted by atomic mass is 9.77. The number of aliphatic hydroxyl groups is 1. The molecule has 2 fully saturated rings. The number of nitrogens with one attached hydrogen (secondary N) is 1. The average Bonchev–Trinajstić information content (AvgIpc) is 2.93. The van der Waals surface area contributed by atoms with Gasteiger partial charge in [0.1, 0.15) is 0 Å². The number of rotatable bonds is 4. The Bertz CT molecular complexity index is 651. The number of anilines is 1. The highest BCUT2D eigenvalue weighted by atomic mass is 32.2. The van der Waals surface area contributed by atoms with Crippen molar-refractivity contribution in [2.45, 2.75) is 50.0 Å². The second kappa shape index (κ2) is 7.79. The largest absolute Gasteiger partial charge is 0.392 e. The van der Waals surface area contributed by atoms with Gasteiger partial charge in [-0.3, -0.25) is 9.59 Å². The van der Waals surface area contributed by atoms with Crippen molar-refractivity contribution >= 4 is 29.3 Å². The number of likely N-dealkylation sites (tertiary alicyclic amines) is 1. The maximum absolute atomic E-state index is 12.7. The SMILES string of the molecule is CC(=O)Nc1ccccc1SCC(=O)N1CCC[C@]2(CCC[C@H]2O)C1. The summed E-state index contributed by atoms with van der Waals surface area (Å²) in [4.78, 5) is 26.8. The Morgan fingerprint density at radius 3 is 2.80 bits per heavy atom. The van der Waals surface area contributed by atoms with Crippen molar-refractivity contribution in [3.8, 4) is 0 Å². The highest BCUT2D eigenvalue weighted by Gasteiger charge is 2.45. The van der Waals surface area contributed by atoms with Crippen LogP contribution in [-0.4, -0.2) is 46.8 Å². The third-order valence-electron chi connectivity index (χ3n) is 5.37. The lowest BCUT2D eigenvalue weighted by molar-refractivity contribution is -0.133. The van der Waals surface area contributed by atoms with E-state index in [-0.39, 0.29) is 23.3 Å². The van der Waals surface area contributed by atoms with E-state index in [0.29, 0.717) is 12.3 Å². The Hall–Kier alpha value is -1.53. The molecule has 3 rings (SSSR count). The molecule has 0 radical (unpaired) electrons. The lowest BCUT2D eigenvalue weighted by Crippen LogP contribution is -2.49. The molecule has 0 unspecified atom stereocenters. The molecule has 1 saturated heterocycles. The molecule has 25 heavy (non-hydrogen) atoms. The number of hydrogen-bond donors (Lipinski definition) is 2. The number of benzene rings is 1. The highest BCUT2D eigenvalue weighted by molar-refractivity contribution is 8.00. The predicted molar refractivity (Wildman–Crippen MR) is 99.6 cm³/mol. The Balaban J connectivity index is 1.60. The maximum atomic E-state index is 12.7. The molecule has 1 saturated carbocycles. The van der Waals surface area contributed by atoms with Gasteiger partial charge >= 0.3 is 0 Å². The molecule has 2 atom stereocenters. The van der Waals surface area contributed by atoms with Crippen molar-refractivity contribution in [3.63, 3.8) is 0 Å². The first-order valence-corrected chi connectivity index (χ1v) is 9.94. The molecule has 1 aromatic carbocycles. The summed E-state index contributed by atoms with van der Waals surface area (Å²) in [6, 6.07) is 7.54. The van der Waals surface area contributed by atoms with Crippen LogP contribution in [0, 0.1) is 5.41 Å². The molecule has 0 bridgehead atoms. The minimum absolute atomic E-state index is 0.0767. The van der Waals surface area contributed by atoms with Crippen molar-refractivity contribution < 1.29 is 14.7 Å². The first-order valence-electron chi connectivity index (χ1n) is 8.95. The van der Waals surface area contributed by atoms with Gasteiger partial charge in [0.25, 0.3) is 0 Å². The quantitative estimate of drug-likeness (QED) is 0.808. The normalized spacial score (nSPS) is 26.0. The zero-order chi connectivity index (χ0) is 17.9. The van der Waals surface area contributed by atoms with Gasteiger partial charge in [-0.15, -0.1) is 11.8 Å². The average molecular weight is 362 g/mol. The van der Waals surface area contributed by atoms with Crippen molar-refractivity contribution in [1.82, 2.24) is 4.90 Å². The first-order chi connectivity index (χ1) is 12.0. The lowest BCUT2D eigenvalue weighted by Gasteiger charge is -2.42. The number of aliphatic hydroxyl groups excluding tert-OH is 1. The van der Waals surface area contributed by atoms with Gasteiger partial charge in [0, 0.05) is 30.3 Å². The van der Waals surface area contributed by atoms with E-state index in [1.54, 1.807) is 0 Å². The molecule has 6 heteroatoms. The second-order valence-electron chi connectivity index (χ2n) is 7.16. The summed E-state index contributed by atoms with van der Waals surface area (Å²) in [7, 11) is 0. The summed E-state index contributed by atoms with van der Waals surface area (Å²) in [5, 5.41) is 13.2. The Morgan fingerprint density at radius 1 is 1.32 bits per heavy atom. The van der Waals surface area contributed by atoms with Crippen molar-refractivity contribution in [2.24, 2.45) is 5.41 Å². The number of amides is 2. The van der Waals surface area contributed by atoms with Gasteiger partial charge in [-0.2, -0.15) is 0 Å². The van der Waals surface area contributed by atoms with Crippen LogP contribution in [0.5, 0.6) is 0 Å². The monoisotopic (exact) mass is 362 g/mol. The molecule has 0 aromatic heterocycles. The van der Waals surface area contributed by atoms with Crippen LogP contribution in [0.1, 0.15) is 39.0 Å². The summed E-state index contributed by atoms with van der Waals surface area (Å²) in [6.07, 6.45) is 4.67. The van der Waals surface area contributed by atoms with E-state index < -0.39 is 0 Å². The summed E-state index contributed by atoms with van der Waals surface area (Å²) in [6.45, 7) is 2.94. The van der Waals surface area contributed by atoms with Gasteiger partial charge < -0.3 is 15.3 Å². The number of thioether (sulfide) groups is 1. The van der Waals surface area contributed by atoms with E-state index in [1.807, 2.05) is 29.2 Å². The maximum Gasteiger partial charge on any atom is 0.232 e. The molecule has 2 aliphatic rings. The van der Waals surface area contributed by atoms with Crippen LogP contribution < -0.4 is 5.32 Å². The molecular formula is C19H26N2O3S. The summed E-state index contributed by atoms with van der Waals surface area (Å²) in [5.74, 6) is 0.344. The summed E-state index contributed by atoms with van der Waals surface area (Å²) < 4.78 is 0. The fourth-order valence-corrected chi connectivity index (χ4v) is 5.00. The van der Waals surface area contributed by atoms with E-state index >= 15 is 0 Å². The molecule has 136 valence electrons. The van der Waals surface area contributed by atoms with E-state index in [2.05, 4.69) is 5.32 Å². The van der Waals surface area contributed by atoms with Crippen LogP contribution in [0.3, 0.4) is 0 Å². The van der Waals surface area contributed by atoms with E-state index in [4.69, 9.17) is 0 Å². The number of hydrogen-bond acceptors (Lipinski definition) is 4. The number of carbonyl (C=O) groups is 2. The molecule has 1 spiro atoms. The molecule has 1 aromatic rings. The van der Waals surface area contributed by atoms with Crippen molar-refractivity contribution in [3.05, 3.63) is 24.3 Å². The van der Waals surface area contributed by atoms with Crippen LogP contribution in [0.15, 0.2) is 29.2 Å². The molecule has 2 amide bonds. The van der Waals surface area contributed by atoms with Crippen LogP contribution in [0.4, 0.5) is 5.69 Å². The Kier molecular flexibility index (Phi) is 5.69. The number of nitrogens with zero attached hydrogens (tertiary/aromatic N) is 1. The highest BCUT2D eigenvalue weighted by Crippen LogP contribution is 2.45. The minimum Gasteiger partial charge on any atom is -0.392 e.